The van der Waals surface area contributed by atoms with Crippen LogP contribution in [0.1, 0.15) is 24.2 Å². The summed E-state index contributed by atoms with van der Waals surface area (Å²) >= 11 is 0. The first-order valence-corrected chi connectivity index (χ1v) is 5.66. The molecule has 0 fully saturated rings. The zero-order valence-corrected chi connectivity index (χ0v) is 10.3. The fourth-order valence-electron chi connectivity index (χ4n) is 1.91. The number of rotatable bonds is 3. The first-order chi connectivity index (χ1) is 8.67. The summed E-state index contributed by atoms with van der Waals surface area (Å²) in [5.74, 6) is 0. The molecule has 1 aromatic carbocycles. The fraction of sp³-hybridized carbons (Fsp3) is 0.214. The van der Waals surface area contributed by atoms with Crippen molar-refractivity contribution in [3.8, 4) is 17.3 Å². The minimum absolute atomic E-state index is 0.331. The van der Waals surface area contributed by atoms with Crippen LogP contribution >= 0.6 is 0 Å². The largest absolute Gasteiger partial charge is 0.335 e. The molecule has 2 rings (SSSR count). The van der Waals surface area contributed by atoms with Crippen LogP contribution in [0.15, 0.2) is 41.6 Å². The lowest BCUT2D eigenvalue weighted by Gasteiger charge is -2.07. The summed E-state index contributed by atoms with van der Waals surface area (Å²) in [4.78, 5) is 10.5. The van der Waals surface area contributed by atoms with Gasteiger partial charge in [-0.05, 0) is 30.2 Å². The van der Waals surface area contributed by atoms with Gasteiger partial charge in [-0.2, -0.15) is 10.2 Å². The van der Waals surface area contributed by atoms with Gasteiger partial charge in [0.1, 0.15) is 17.8 Å². The second-order valence-electron chi connectivity index (χ2n) is 4.18. The minimum atomic E-state index is -0.331. The van der Waals surface area contributed by atoms with Gasteiger partial charge in [0, 0.05) is 12.7 Å². The van der Waals surface area contributed by atoms with Gasteiger partial charge in [-0.1, -0.05) is 29.4 Å². The molecular weight excluding hydrogens is 226 g/mol. The fourth-order valence-corrected chi connectivity index (χ4v) is 1.91. The van der Waals surface area contributed by atoms with Gasteiger partial charge in [0.25, 0.3) is 0 Å². The van der Waals surface area contributed by atoms with Crippen LogP contribution in [0, 0.1) is 16.2 Å². The molecule has 4 heteroatoms. The van der Waals surface area contributed by atoms with E-state index in [0.717, 1.165) is 16.8 Å². The third kappa shape index (κ3) is 2.03. The van der Waals surface area contributed by atoms with Gasteiger partial charge in [0.05, 0.1) is 0 Å². The quantitative estimate of drug-likeness (QED) is 0.771. The van der Waals surface area contributed by atoms with Crippen LogP contribution < -0.4 is 0 Å². The summed E-state index contributed by atoms with van der Waals surface area (Å²) in [5.41, 5.74) is 3.51. The van der Waals surface area contributed by atoms with Gasteiger partial charge >= 0.3 is 0 Å². The van der Waals surface area contributed by atoms with Crippen molar-refractivity contribution in [3.63, 3.8) is 0 Å². The van der Waals surface area contributed by atoms with Gasteiger partial charge in [0.15, 0.2) is 0 Å². The molecule has 0 aliphatic heterocycles. The molecule has 0 aliphatic carbocycles. The molecule has 0 amide bonds. The molecule has 0 saturated carbocycles. The Morgan fingerprint density at radius 2 is 1.89 bits per heavy atom. The predicted molar refractivity (Wildman–Crippen MR) is 69.8 cm³/mol. The topological polar surface area (TPSA) is 58.1 Å². The number of benzene rings is 1. The number of nitrogens with zero attached hydrogens (tertiary/aromatic N) is 3. The maximum atomic E-state index is 10.5. The minimum Gasteiger partial charge on any atom is -0.335 e. The first kappa shape index (κ1) is 12.1. The molecule has 4 nitrogen and oxygen atoms in total. The molecule has 0 saturated heterocycles. The van der Waals surface area contributed by atoms with Crippen molar-refractivity contribution in [3.05, 3.63) is 52.6 Å². The van der Waals surface area contributed by atoms with Crippen LogP contribution in [0.2, 0.25) is 0 Å². The molecule has 0 radical (unpaired) electrons. The lowest BCUT2D eigenvalue weighted by atomic mass is 10.1. The van der Waals surface area contributed by atoms with Crippen molar-refractivity contribution in [2.45, 2.75) is 13.0 Å². The van der Waals surface area contributed by atoms with E-state index >= 15 is 0 Å². The van der Waals surface area contributed by atoms with Crippen LogP contribution in [-0.4, -0.2) is 4.57 Å². The zero-order valence-electron chi connectivity index (χ0n) is 10.3. The second-order valence-corrected chi connectivity index (χ2v) is 4.18. The molecule has 0 spiro atoms. The molecule has 0 aliphatic rings. The van der Waals surface area contributed by atoms with Crippen LogP contribution in [0.25, 0.3) is 11.3 Å². The van der Waals surface area contributed by atoms with Crippen molar-refractivity contribution in [2.24, 2.45) is 12.2 Å². The Balaban J connectivity index is 2.38. The summed E-state index contributed by atoms with van der Waals surface area (Å²) in [6.07, 6.45) is 0. The van der Waals surface area contributed by atoms with Gasteiger partial charge < -0.3 is 4.57 Å². The maximum Gasteiger partial charge on any atom is 0.120 e. The predicted octanol–water partition coefficient (Wildman–Crippen LogP) is 3.39. The molecule has 18 heavy (non-hydrogen) atoms. The molecule has 1 atom stereocenters. The third-order valence-electron chi connectivity index (χ3n) is 3.08. The SMILES string of the molecule is CC(N=O)c1ccc(-c2ccc(C#N)n2C)cc1. The van der Waals surface area contributed by atoms with E-state index < -0.39 is 0 Å². The second kappa shape index (κ2) is 4.84. The molecule has 1 unspecified atom stereocenters. The van der Waals surface area contributed by atoms with E-state index in [1.54, 1.807) is 13.0 Å². The Kier molecular flexibility index (Phi) is 3.24. The third-order valence-corrected chi connectivity index (χ3v) is 3.08. The summed E-state index contributed by atoms with van der Waals surface area (Å²) in [6.45, 7) is 1.76. The number of nitroso groups, excluding NO2 is 1. The normalized spacial score (nSPS) is 11.8. The van der Waals surface area contributed by atoms with E-state index in [2.05, 4.69) is 11.2 Å². The molecule has 90 valence electrons. The van der Waals surface area contributed by atoms with E-state index in [1.807, 2.05) is 41.9 Å². The number of hydrogen-bond donors (Lipinski definition) is 0. The number of hydrogen-bond acceptors (Lipinski definition) is 3. The average molecular weight is 239 g/mol. The number of aromatic nitrogens is 1. The van der Waals surface area contributed by atoms with Gasteiger partial charge in [-0.25, -0.2) is 0 Å². The van der Waals surface area contributed by atoms with Gasteiger partial charge in [-0.15, -0.1) is 0 Å². The summed E-state index contributed by atoms with van der Waals surface area (Å²) in [7, 11) is 1.86. The smallest absolute Gasteiger partial charge is 0.120 e. The van der Waals surface area contributed by atoms with Crippen LogP contribution in [0.5, 0.6) is 0 Å². The molecule has 1 heterocycles. The standard InChI is InChI=1S/C14H13N3O/c1-10(16-18)11-3-5-12(6-4-11)14-8-7-13(9-15)17(14)2/h3-8,10H,1-2H3. The van der Waals surface area contributed by atoms with Gasteiger partial charge in [0.2, 0.25) is 0 Å². The highest BCUT2D eigenvalue weighted by molar-refractivity contribution is 5.62. The Labute approximate surface area is 105 Å². The summed E-state index contributed by atoms with van der Waals surface area (Å²) in [6, 6.07) is 13.2. The lowest BCUT2D eigenvalue weighted by molar-refractivity contribution is 0.811. The Morgan fingerprint density at radius 3 is 2.39 bits per heavy atom. The van der Waals surface area contributed by atoms with Crippen molar-refractivity contribution >= 4 is 0 Å². The van der Waals surface area contributed by atoms with Crippen molar-refractivity contribution in [2.75, 3.05) is 0 Å². The summed E-state index contributed by atoms with van der Waals surface area (Å²) in [5, 5.41) is 11.9. The highest BCUT2D eigenvalue weighted by atomic mass is 16.3. The summed E-state index contributed by atoms with van der Waals surface area (Å²) < 4.78 is 1.84. The van der Waals surface area contributed by atoms with Gasteiger partial charge in [-0.3, -0.25) is 0 Å². The Morgan fingerprint density at radius 1 is 1.22 bits per heavy atom. The molecule has 2 aromatic rings. The maximum absolute atomic E-state index is 10.5. The van der Waals surface area contributed by atoms with E-state index in [4.69, 9.17) is 5.26 Å². The molecular formula is C14H13N3O. The highest BCUT2D eigenvalue weighted by Crippen LogP contribution is 2.24. The highest BCUT2D eigenvalue weighted by Gasteiger charge is 2.08. The Bertz CT molecular complexity index is 605. The zero-order chi connectivity index (χ0) is 13.1. The van der Waals surface area contributed by atoms with Crippen molar-refractivity contribution in [1.82, 2.24) is 4.57 Å². The molecule has 0 N–H and O–H groups in total. The monoisotopic (exact) mass is 239 g/mol. The van der Waals surface area contributed by atoms with Crippen molar-refractivity contribution < 1.29 is 0 Å². The van der Waals surface area contributed by atoms with E-state index in [1.165, 1.54) is 0 Å². The van der Waals surface area contributed by atoms with Crippen LogP contribution in [0.4, 0.5) is 0 Å². The van der Waals surface area contributed by atoms with E-state index in [-0.39, 0.29) is 6.04 Å². The lowest BCUT2D eigenvalue weighted by Crippen LogP contribution is -1.95. The van der Waals surface area contributed by atoms with E-state index in [0.29, 0.717) is 5.69 Å². The van der Waals surface area contributed by atoms with Crippen LogP contribution in [-0.2, 0) is 7.05 Å². The molecule has 0 bridgehead atoms. The Hall–Kier alpha value is -2.41. The molecule has 1 aromatic heterocycles. The number of nitriles is 1. The van der Waals surface area contributed by atoms with Crippen molar-refractivity contribution in [1.29, 1.82) is 5.26 Å². The average Bonchev–Trinajstić information content (AvgIpc) is 2.79. The first-order valence-electron chi connectivity index (χ1n) is 5.66. The van der Waals surface area contributed by atoms with E-state index in [9.17, 15) is 4.91 Å². The van der Waals surface area contributed by atoms with Crippen LogP contribution in [0.3, 0.4) is 0 Å².